The summed E-state index contributed by atoms with van der Waals surface area (Å²) in [5, 5.41) is 2.92. The highest BCUT2D eigenvalue weighted by Crippen LogP contribution is 2.43. The molecule has 4 atom stereocenters. The van der Waals surface area contributed by atoms with Crippen molar-refractivity contribution in [3.05, 3.63) is 12.2 Å². The molecular weight excluding hydrogens is 266 g/mol. The van der Waals surface area contributed by atoms with Crippen molar-refractivity contribution >= 4 is 11.9 Å². The van der Waals surface area contributed by atoms with Gasteiger partial charge in [-0.15, -0.1) is 0 Å². The van der Waals surface area contributed by atoms with E-state index in [4.69, 9.17) is 4.74 Å². The smallest absolute Gasteiger partial charge is 0.329 e. The fraction of sp³-hybridized carbons (Fsp3) is 0.765. The van der Waals surface area contributed by atoms with Crippen LogP contribution in [0, 0.1) is 23.7 Å². The van der Waals surface area contributed by atoms with Crippen LogP contribution in [-0.4, -0.2) is 23.5 Å². The molecule has 4 nitrogen and oxygen atoms in total. The Balaban J connectivity index is 1.98. The van der Waals surface area contributed by atoms with E-state index < -0.39 is 11.6 Å². The van der Waals surface area contributed by atoms with Crippen molar-refractivity contribution in [1.29, 1.82) is 0 Å². The molecular formula is C17H27NO3. The van der Waals surface area contributed by atoms with Gasteiger partial charge in [-0.05, 0) is 51.4 Å². The summed E-state index contributed by atoms with van der Waals surface area (Å²) in [7, 11) is 0. The van der Waals surface area contributed by atoms with Gasteiger partial charge in [-0.1, -0.05) is 26.0 Å². The van der Waals surface area contributed by atoms with E-state index in [0.717, 1.165) is 12.8 Å². The predicted molar refractivity (Wildman–Crippen MR) is 81.5 cm³/mol. The van der Waals surface area contributed by atoms with Crippen molar-refractivity contribution in [1.82, 2.24) is 5.32 Å². The van der Waals surface area contributed by atoms with Crippen molar-refractivity contribution in [2.45, 2.75) is 59.1 Å². The van der Waals surface area contributed by atoms with Gasteiger partial charge in [0.2, 0.25) is 5.91 Å². The molecule has 2 aliphatic rings. The number of hydrogen-bond acceptors (Lipinski definition) is 3. The molecule has 0 aromatic heterocycles. The highest BCUT2D eigenvalue weighted by molar-refractivity contribution is 5.86. The Labute approximate surface area is 127 Å². The Morgan fingerprint density at radius 3 is 2.29 bits per heavy atom. The van der Waals surface area contributed by atoms with Crippen LogP contribution in [0.2, 0.25) is 0 Å². The Hall–Kier alpha value is -1.32. The van der Waals surface area contributed by atoms with E-state index in [-0.39, 0.29) is 23.7 Å². The van der Waals surface area contributed by atoms with Gasteiger partial charge in [0.15, 0.2) is 0 Å². The van der Waals surface area contributed by atoms with Crippen LogP contribution in [0.3, 0.4) is 0 Å². The van der Waals surface area contributed by atoms with E-state index in [2.05, 4.69) is 17.5 Å². The zero-order valence-corrected chi connectivity index (χ0v) is 13.7. The molecule has 0 radical (unpaired) electrons. The SMILES string of the molecule is CC(C)[C@@H](NC(=O)C1CC2C=CC1C2)C(=O)OC(C)(C)C. The third-order valence-electron chi connectivity index (χ3n) is 4.24. The van der Waals surface area contributed by atoms with Crippen LogP contribution in [0.4, 0.5) is 0 Å². The molecule has 0 aliphatic heterocycles. The van der Waals surface area contributed by atoms with E-state index in [1.54, 1.807) is 0 Å². The molecule has 0 aromatic carbocycles. The van der Waals surface area contributed by atoms with Crippen LogP contribution >= 0.6 is 0 Å². The maximum atomic E-state index is 12.5. The minimum absolute atomic E-state index is 0.00332. The topological polar surface area (TPSA) is 55.4 Å². The number of hydrogen-bond donors (Lipinski definition) is 1. The molecule has 0 spiro atoms. The molecule has 2 aliphatic carbocycles. The van der Waals surface area contributed by atoms with E-state index >= 15 is 0 Å². The maximum absolute atomic E-state index is 12.5. The van der Waals surface area contributed by atoms with Gasteiger partial charge < -0.3 is 10.1 Å². The van der Waals surface area contributed by atoms with E-state index in [1.807, 2.05) is 34.6 Å². The van der Waals surface area contributed by atoms with Gasteiger partial charge in [0.1, 0.15) is 11.6 Å². The quantitative estimate of drug-likeness (QED) is 0.640. The number of carbonyl (C=O) groups excluding carboxylic acids is 2. The van der Waals surface area contributed by atoms with Gasteiger partial charge in [0.05, 0.1) is 0 Å². The Bertz CT molecular complexity index is 447. The van der Waals surface area contributed by atoms with Crippen LogP contribution in [0.15, 0.2) is 12.2 Å². The van der Waals surface area contributed by atoms with Gasteiger partial charge in [0, 0.05) is 5.92 Å². The van der Waals surface area contributed by atoms with Gasteiger partial charge in [-0.25, -0.2) is 4.79 Å². The average molecular weight is 293 g/mol. The average Bonchev–Trinajstić information content (AvgIpc) is 2.94. The summed E-state index contributed by atoms with van der Waals surface area (Å²) in [5.74, 6) is 0.578. The molecule has 0 aromatic rings. The molecule has 118 valence electrons. The first kappa shape index (κ1) is 16.1. The second-order valence-corrected chi connectivity index (χ2v) is 7.65. The molecule has 2 bridgehead atoms. The van der Waals surface area contributed by atoms with Crippen molar-refractivity contribution in [3.8, 4) is 0 Å². The molecule has 0 heterocycles. The number of amides is 1. The standard InChI is InChI=1S/C17H27NO3/c1-10(2)14(16(20)21-17(3,4)5)18-15(19)13-9-11-6-7-12(13)8-11/h6-7,10-14H,8-9H2,1-5H3,(H,18,19)/t11?,12?,13?,14-/m1/s1. The normalized spacial score (nSPS) is 28.8. The second kappa shape index (κ2) is 5.82. The molecule has 2 rings (SSSR count). The minimum atomic E-state index is -0.570. The largest absolute Gasteiger partial charge is 0.458 e. The van der Waals surface area contributed by atoms with Crippen LogP contribution in [0.5, 0.6) is 0 Å². The number of nitrogens with one attached hydrogen (secondary N) is 1. The highest BCUT2D eigenvalue weighted by atomic mass is 16.6. The molecule has 1 amide bonds. The highest BCUT2D eigenvalue weighted by Gasteiger charge is 2.41. The number of esters is 1. The van der Waals surface area contributed by atoms with Gasteiger partial charge in [0.25, 0.3) is 0 Å². The summed E-state index contributed by atoms with van der Waals surface area (Å²) in [6.45, 7) is 9.37. The van der Waals surface area contributed by atoms with E-state index in [9.17, 15) is 9.59 Å². The van der Waals surface area contributed by atoms with Crippen LogP contribution in [0.25, 0.3) is 0 Å². The summed E-state index contributed by atoms with van der Waals surface area (Å²) in [5.41, 5.74) is -0.538. The van der Waals surface area contributed by atoms with Crippen molar-refractivity contribution in [3.63, 3.8) is 0 Å². The predicted octanol–water partition coefficient (Wildman–Crippen LogP) is 2.68. The molecule has 0 saturated heterocycles. The monoisotopic (exact) mass is 293 g/mol. The third kappa shape index (κ3) is 3.86. The lowest BCUT2D eigenvalue weighted by molar-refractivity contribution is -0.160. The number of fused-ring (bicyclic) bond motifs is 2. The maximum Gasteiger partial charge on any atom is 0.329 e. The van der Waals surface area contributed by atoms with Crippen molar-refractivity contribution in [2.24, 2.45) is 23.7 Å². The number of carbonyl (C=O) groups is 2. The van der Waals surface area contributed by atoms with Crippen molar-refractivity contribution < 1.29 is 14.3 Å². The molecule has 4 heteroatoms. The lowest BCUT2D eigenvalue weighted by Crippen LogP contribution is -2.49. The van der Waals surface area contributed by atoms with Crippen LogP contribution in [-0.2, 0) is 14.3 Å². The first-order valence-electron chi connectivity index (χ1n) is 7.89. The third-order valence-corrected chi connectivity index (χ3v) is 4.24. The zero-order chi connectivity index (χ0) is 15.8. The van der Waals surface area contributed by atoms with Crippen LogP contribution < -0.4 is 5.32 Å². The minimum Gasteiger partial charge on any atom is -0.458 e. The Morgan fingerprint density at radius 1 is 1.19 bits per heavy atom. The van der Waals surface area contributed by atoms with Gasteiger partial charge in [-0.3, -0.25) is 4.79 Å². The summed E-state index contributed by atoms with van der Waals surface area (Å²) < 4.78 is 5.42. The summed E-state index contributed by atoms with van der Waals surface area (Å²) in [6.07, 6.45) is 6.35. The number of allylic oxidation sites excluding steroid dienone is 2. The van der Waals surface area contributed by atoms with Crippen molar-refractivity contribution in [2.75, 3.05) is 0 Å². The molecule has 1 saturated carbocycles. The first-order valence-corrected chi connectivity index (χ1v) is 7.89. The number of rotatable bonds is 4. The van der Waals surface area contributed by atoms with Gasteiger partial charge in [-0.2, -0.15) is 0 Å². The fourth-order valence-electron chi connectivity index (χ4n) is 3.21. The fourth-order valence-corrected chi connectivity index (χ4v) is 3.21. The summed E-state index contributed by atoms with van der Waals surface area (Å²) in [4.78, 5) is 24.7. The zero-order valence-electron chi connectivity index (χ0n) is 13.7. The Kier molecular flexibility index (Phi) is 4.45. The second-order valence-electron chi connectivity index (χ2n) is 7.65. The summed E-state index contributed by atoms with van der Waals surface area (Å²) in [6, 6.07) is -0.570. The summed E-state index contributed by atoms with van der Waals surface area (Å²) >= 11 is 0. The van der Waals surface area contributed by atoms with E-state index in [0.29, 0.717) is 11.8 Å². The molecule has 21 heavy (non-hydrogen) atoms. The molecule has 1 fully saturated rings. The van der Waals surface area contributed by atoms with E-state index in [1.165, 1.54) is 0 Å². The molecule has 1 N–H and O–H groups in total. The molecule has 3 unspecified atom stereocenters. The Morgan fingerprint density at radius 2 is 1.86 bits per heavy atom. The lowest BCUT2D eigenvalue weighted by Gasteiger charge is -2.28. The first-order chi connectivity index (χ1) is 9.67. The van der Waals surface area contributed by atoms with Crippen LogP contribution in [0.1, 0.15) is 47.5 Å². The van der Waals surface area contributed by atoms with Gasteiger partial charge >= 0.3 is 5.97 Å². The number of ether oxygens (including phenoxy) is 1. The lowest BCUT2D eigenvalue weighted by atomic mass is 9.92.